The van der Waals surface area contributed by atoms with E-state index in [0.29, 0.717) is 17.2 Å². The molecule has 1 atom stereocenters. The van der Waals surface area contributed by atoms with E-state index in [1.165, 1.54) is 0 Å². The fraction of sp³-hybridized carbons (Fsp3) is 0.500. The van der Waals surface area contributed by atoms with Gasteiger partial charge in [0.25, 0.3) is 5.91 Å². The van der Waals surface area contributed by atoms with Crippen molar-refractivity contribution in [2.24, 2.45) is 5.92 Å². The molecule has 1 aliphatic heterocycles. The molecule has 1 fully saturated rings. The number of nitrogens with one attached hydrogen (secondary N) is 1. The molecule has 1 heterocycles. The Hall–Kier alpha value is -1.55. The van der Waals surface area contributed by atoms with E-state index in [2.05, 4.69) is 17.3 Å². The van der Waals surface area contributed by atoms with Gasteiger partial charge in [0.05, 0.1) is 0 Å². The minimum absolute atomic E-state index is 0.0312. The number of carbonyl (C=O) groups excluding carboxylic acids is 1. The van der Waals surface area contributed by atoms with Crippen LogP contribution in [-0.2, 0) is 0 Å². The van der Waals surface area contributed by atoms with Crippen molar-refractivity contribution in [3.8, 4) is 0 Å². The SMILES string of the molecule is Cc1ccc(C(=O)NCC2CCN(C)C2)cc1N. The van der Waals surface area contributed by atoms with E-state index in [-0.39, 0.29) is 5.91 Å². The molecule has 1 aliphatic rings. The standard InChI is InChI=1S/C14H21N3O/c1-10-3-4-12(7-13(10)15)14(18)16-8-11-5-6-17(2)9-11/h3-4,7,11H,5-6,8-9,15H2,1-2H3,(H,16,18). The number of carbonyl (C=O) groups is 1. The maximum atomic E-state index is 12.0. The Morgan fingerprint density at radius 2 is 2.33 bits per heavy atom. The highest BCUT2D eigenvalue weighted by atomic mass is 16.1. The second kappa shape index (κ2) is 5.40. The summed E-state index contributed by atoms with van der Waals surface area (Å²) in [7, 11) is 2.11. The van der Waals surface area contributed by atoms with Crippen LogP contribution in [0.2, 0.25) is 0 Å². The molecular weight excluding hydrogens is 226 g/mol. The number of nitrogens with zero attached hydrogens (tertiary/aromatic N) is 1. The maximum Gasteiger partial charge on any atom is 0.251 e. The van der Waals surface area contributed by atoms with Gasteiger partial charge in [0.1, 0.15) is 0 Å². The van der Waals surface area contributed by atoms with E-state index in [1.54, 1.807) is 6.07 Å². The Labute approximate surface area is 108 Å². The van der Waals surface area contributed by atoms with Crippen LogP contribution in [0.15, 0.2) is 18.2 Å². The first-order valence-electron chi connectivity index (χ1n) is 6.39. The lowest BCUT2D eigenvalue weighted by Crippen LogP contribution is -2.30. The van der Waals surface area contributed by atoms with Crippen LogP contribution >= 0.6 is 0 Å². The van der Waals surface area contributed by atoms with E-state index in [9.17, 15) is 4.79 Å². The number of benzene rings is 1. The van der Waals surface area contributed by atoms with E-state index in [0.717, 1.165) is 31.6 Å². The summed E-state index contributed by atoms with van der Waals surface area (Å²) in [6, 6.07) is 5.45. The van der Waals surface area contributed by atoms with Gasteiger partial charge in [0.2, 0.25) is 0 Å². The van der Waals surface area contributed by atoms with Crippen LogP contribution in [0.1, 0.15) is 22.3 Å². The van der Waals surface area contributed by atoms with Crippen LogP contribution in [0.3, 0.4) is 0 Å². The Morgan fingerprint density at radius 1 is 1.56 bits per heavy atom. The molecule has 2 rings (SSSR count). The Bertz CT molecular complexity index is 445. The number of rotatable bonds is 3. The highest BCUT2D eigenvalue weighted by molar-refractivity contribution is 5.95. The number of aryl methyl sites for hydroxylation is 1. The topological polar surface area (TPSA) is 58.4 Å². The van der Waals surface area contributed by atoms with Crippen molar-refractivity contribution in [2.75, 3.05) is 32.4 Å². The molecule has 4 nitrogen and oxygen atoms in total. The largest absolute Gasteiger partial charge is 0.398 e. The molecule has 1 aromatic rings. The van der Waals surface area contributed by atoms with Crippen molar-refractivity contribution in [3.05, 3.63) is 29.3 Å². The molecule has 0 bridgehead atoms. The average Bonchev–Trinajstić information content (AvgIpc) is 2.75. The number of nitrogen functional groups attached to an aromatic ring is 1. The number of likely N-dealkylation sites (tertiary alicyclic amines) is 1. The summed E-state index contributed by atoms with van der Waals surface area (Å²) < 4.78 is 0. The molecule has 4 heteroatoms. The molecule has 0 spiro atoms. The number of nitrogens with two attached hydrogens (primary N) is 1. The fourth-order valence-corrected chi connectivity index (χ4v) is 2.31. The quantitative estimate of drug-likeness (QED) is 0.791. The van der Waals surface area contributed by atoms with E-state index < -0.39 is 0 Å². The summed E-state index contributed by atoms with van der Waals surface area (Å²) >= 11 is 0. The molecule has 0 radical (unpaired) electrons. The van der Waals surface area contributed by atoms with Gasteiger partial charge in [-0.3, -0.25) is 4.79 Å². The summed E-state index contributed by atoms with van der Waals surface area (Å²) in [6.45, 7) is 4.87. The van der Waals surface area contributed by atoms with Crippen LogP contribution in [0.25, 0.3) is 0 Å². The Balaban J connectivity index is 1.89. The first kappa shape index (κ1) is 12.9. The second-order valence-corrected chi connectivity index (χ2v) is 5.20. The molecule has 1 amide bonds. The normalized spacial score (nSPS) is 20.0. The number of hydrogen-bond donors (Lipinski definition) is 2. The Kier molecular flexibility index (Phi) is 3.87. The molecule has 0 saturated carbocycles. The molecule has 1 saturated heterocycles. The van der Waals surface area contributed by atoms with E-state index in [1.807, 2.05) is 19.1 Å². The highest BCUT2D eigenvalue weighted by Gasteiger charge is 2.20. The van der Waals surface area contributed by atoms with Crippen molar-refractivity contribution < 1.29 is 4.79 Å². The third-order valence-electron chi connectivity index (χ3n) is 3.58. The molecule has 98 valence electrons. The van der Waals surface area contributed by atoms with Crippen LogP contribution in [-0.4, -0.2) is 37.5 Å². The lowest BCUT2D eigenvalue weighted by atomic mass is 10.1. The van der Waals surface area contributed by atoms with Gasteiger partial charge >= 0.3 is 0 Å². The maximum absolute atomic E-state index is 12.0. The first-order valence-corrected chi connectivity index (χ1v) is 6.39. The van der Waals surface area contributed by atoms with E-state index in [4.69, 9.17) is 5.73 Å². The zero-order valence-corrected chi connectivity index (χ0v) is 11.1. The highest BCUT2D eigenvalue weighted by Crippen LogP contribution is 2.15. The predicted molar refractivity (Wildman–Crippen MR) is 73.5 cm³/mol. The van der Waals surface area contributed by atoms with Crippen molar-refractivity contribution in [2.45, 2.75) is 13.3 Å². The van der Waals surface area contributed by atoms with Gasteiger partial charge in [0, 0.05) is 24.3 Å². The number of amides is 1. The summed E-state index contributed by atoms with van der Waals surface area (Å²) in [5.74, 6) is 0.540. The third-order valence-corrected chi connectivity index (χ3v) is 3.58. The molecule has 18 heavy (non-hydrogen) atoms. The fourth-order valence-electron chi connectivity index (χ4n) is 2.31. The lowest BCUT2D eigenvalue weighted by Gasteiger charge is -2.12. The summed E-state index contributed by atoms with van der Waals surface area (Å²) in [6.07, 6.45) is 1.16. The average molecular weight is 247 g/mol. The monoisotopic (exact) mass is 247 g/mol. The van der Waals surface area contributed by atoms with Crippen LogP contribution in [0, 0.1) is 12.8 Å². The minimum Gasteiger partial charge on any atom is -0.398 e. The zero-order chi connectivity index (χ0) is 13.1. The third kappa shape index (κ3) is 3.01. The minimum atomic E-state index is -0.0312. The summed E-state index contributed by atoms with van der Waals surface area (Å²) in [4.78, 5) is 14.3. The van der Waals surface area contributed by atoms with Crippen molar-refractivity contribution in [3.63, 3.8) is 0 Å². The number of anilines is 1. The number of hydrogen-bond acceptors (Lipinski definition) is 3. The van der Waals surface area contributed by atoms with Gasteiger partial charge in [-0.2, -0.15) is 0 Å². The predicted octanol–water partition coefficient (Wildman–Crippen LogP) is 1.26. The van der Waals surface area contributed by atoms with Gasteiger partial charge in [-0.15, -0.1) is 0 Å². The van der Waals surface area contributed by atoms with Crippen LogP contribution < -0.4 is 11.1 Å². The zero-order valence-electron chi connectivity index (χ0n) is 11.1. The molecule has 1 unspecified atom stereocenters. The molecule has 3 N–H and O–H groups in total. The van der Waals surface area contributed by atoms with Gasteiger partial charge in [-0.1, -0.05) is 6.07 Å². The lowest BCUT2D eigenvalue weighted by molar-refractivity contribution is 0.0947. The second-order valence-electron chi connectivity index (χ2n) is 5.20. The summed E-state index contributed by atoms with van der Waals surface area (Å²) in [5.41, 5.74) is 8.12. The first-order chi connectivity index (χ1) is 8.56. The van der Waals surface area contributed by atoms with Gasteiger partial charge < -0.3 is 16.0 Å². The smallest absolute Gasteiger partial charge is 0.251 e. The molecule has 1 aromatic carbocycles. The molecule has 0 aromatic heterocycles. The van der Waals surface area contributed by atoms with Gasteiger partial charge in [-0.25, -0.2) is 0 Å². The van der Waals surface area contributed by atoms with Gasteiger partial charge in [0.15, 0.2) is 0 Å². The van der Waals surface area contributed by atoms with Crippen LogP contribution in [0.5, 0.6) is 0 Å². The van der Waals surface area contributed by atoms with Crippen molar-refractivity contribution >= 4 is 11.6 Å². The van der Waals surface area contributed by atoms with Crippen molar-refractivity contribution in [1.82, 2.24) is 10.2 Å². The molecular formula is C14H21N3O. The van der Waals surface area contributed by atoms with Crippen LogP contribution in [0.4, 0.5) is 5.69 Å². The molecule has 0 aliphatic carbocycles. The van der Waals surface area contributed by atoms with Gasteiger partial charge in [-0.05, 0) is 50.6 Å². The summed E-state index contributed by atoms with van der Waals surface area (Å²) in [5, 5.41) is 2.99. The van der Waals surface area contributed by atoms with Crippen molar-refractivity contribution in [1.29, 1.82) is 0 Å². The van der Waals surface area contributed by atoms with E-state index >= 15 is 0 Å². The Morgan fingerprint density at radius 3 is 2.94 bits per heavy atom.